The number of aromatic nitrogens is 1. The van der Waals surface area contributed by atoms with E-state index < -0.39 is 0 Å². The number of pyridine rings is 1. The van der Waals surface area contributed by atoms with Crippen LogP contribution in [0.1, 0.15) is 10.4 Å². The van der Waals surface area contributed by atoms with Crippen LogP contribution in [0, 0.1) is 0 Å². The molecule has 2 aromatic heterocycles. The molecule has 0 atom stereocenters. The lowest BCUT2D eigenvalue weighted by Crippen LogP contribution is -1.88. The van der Waals surface area contributed by atoms with Gasteiger partial charge in [0.15, 0.2) is 12.0 Å². The number of rotatable bonds is 2. The Hall–Kier alpha value is -2.42. The van der Waals surface area contributed by atoms with Gasteiger partial charge in [-0.2, -0.15) is 0 Å². The van der Waals surface area contributed by atoms with Gasteiger partial charge in [0.1, 0.15) is 11.3 Å². The van der Waals surface area contributed by atoms with Crippen molar-refractivity contribution >= 4 is 17.3 Å². The molecule has 17 heavy (non-hydrogen) atoms. The van der Waals surface area contributed by atoms with Crippen molar-refractivity contribution in [2.24, 2.45) is 0 Å². The number of carbonyl (C=O) groups is 1. The van der Waals surface area contributed by atoms with Crippen LogP contribution in [0.5, 0.6) is 0 Å². The molecule has 0 aliphatic heterocycles. The van der Waals surface area contributed by atoms with Gasteiger partial charge in [-0.05, 0) is 24.3 Å². The molecule has 0 bridgehead atoms. The first-order valence-corrected chi connectivity index (χ1v) is 5.27. The summed E-state index contributed by atoms with van der Waals surface area (Å²) in [4.78, 5) is 15.1. The van der Waals surface area contributed by atoms with Crippen molar-refractivity contribution in [1.82, 2.24) is 4.98 Å². The number of aldehydes is 1. The summed E-state index contributed by atoms with van der Waals surface area (Å²) in [6.45, 7) is 0. The van der Waals surface area contributed by atoms with Crippen LogP contribution < -0.4 is 0 Å². The summed E-state index contributed by atoms with van der Waals surface area (Å²) < 4.78 is 5.68. The Morgan fingerprint density at radius 3 is 2.82 bits per heavy atom. The minimum atomic E-state index is 0.534. The molecule has 0 amide bonds. The van der Waals surface area contributed by atoms with Crippen molar-refractivity contribution in [2.45, 2.75) is 0 Å². The molecule has 0 N–H and O–H groups in total. The molecule has 3 nitrogen and oxygen atoms in total. The van der Waals surface area contributed by atoms with E-state index in [9.17, 15) is 4.79 Å². The van der Waals surface area contributed by atoms with Crippen LogP contribution in [-0.2, 0) is 0 Å². The minimum Gasteiger partial charge on any atom is -0.454 e. The number of furan rings is 1. The third-order valence-corrected chi connectivity index (χ3v) is 2.62. The summed E-state index contributed by atoms with van der Waals surface area (Å²) in [5, 5.41) is 1.00. The Morgan fingerprint density at radius 1 is 1.12 bits per heavy atom. The van der Waals surface area contributed by atoms with E-state index in [1.54, 1.807) is 18.3 Å². The predicted molar refractivity (Wildman–Crippen MR) is 64.8 cm³/mol. The number of nitrogens with zero attached hydrogens (tertiary/aromatic N) is 1. The van der Waals surface area contributed by atoms with Gasteiger partial charge in [0, 0.05) is 17.1 Å². The molecule has 0 aliphatic rings. The third kappa shape index (κ3) is 1.61. The summed E-state index contributed by atoms with van der Waals surface area (Å²) in [5.74, 6) is 0.619. The highest BCUT2D eigenvalue weighted by atomic mass is 16.3. The molecule has 3 rings (SSSR count). The zero-order valence-corrected chi connectivity index (χ0v) is 8.96. The first-order chi connectivity index (χ1) is 8.38. The Balaban J connectivity index is 2.23. The number of fused-ring (bicyclic) bond motifs is 1. The van der Waals surface area contributed by atoms with E-state index in [1.165, 1.54) is 0 Å². The molecule has 82 valence electrons. The van der Waals surface area contributed by atoms with Gasteiger partial charge < -0.3 is 4.42 Å². The monoisotopic (exact) mass is 223 g/mol. The quantitative estimate of drug-likeness (QED) is 0.626. The van der Waals surface area contributed by atoms with Crippen molar-refractivity contribution in [3.8, 4) is 11.5 Å². The third-order valence-electron chi connectivity index (χ3n) is 2.62. The van der Waals surface area contributed by atoms with Crippen molar-refractivity contribution in [2.75, 3.05) is 0 Å². The highest BCUT2D eigenvalue weighted by Crippen LogP contribution is 2.27. The van der Waals surface area contributed by atoms with E-state index in [-0.39, 0.29) is 0 Å². The second-order valence-electron chi connectivity index (χ2n) is 3.71. The Morgan fingerprint density at radius 2 is 2.00 bits per heavy atom. The standard InChI is InChI=1S/C14H9NO2/c16-9-11-5-3-7-15-14(11)13-8-10-4-1-2-6-12(10)17-13/h1-9H. The normalized spacial score (nSPS) is 10.6. The molecule has 0 radical (unpaired) electrons. The van der Waals surface area contributed by atoms with Crippen LogP contribution >= 0.6 is 0 Å². The lowest BCUT2D eigenvalue weighted by Gasteiger charge is -1.97. The van der Waals surface area contributed by atoms with Gasteiger partial charge in [0.25, 0.3) is 0 Å². The van der Waals surface area contributed by atoms with Crippen LogP contribution in [-0.4, -0.2) is 11.3 Å². The Labute approximate surface area is 97.7 Å². The fourth-order valence-electron chi connectivity index (χ4n) is 1.82. The van der Waals surface area contributed by atoms with Gasteiger partial charge in [-0.3, -0.25) is 9.78 Å². The fourth-order valence-corrected chi connectivity index (χ4v) is 1.82. The maximum atomic E-state index is 10.9. The summed E-state index contributed by atoms with van der Waals surface area (Å²) in [5.41, 5.74) is 1.91. The second-order valence-corrected chi connectivity index (χ2v) is 3.71. The molecule has 2 heterocycles. The van der Waals surface area contributed by atoms with E-state index in [0.29, 0.717) is 17.0 Å². The summed E-state index contributed by atoms with van der Waals surface area (Å²) in [6, 6.07) is 13.1. The average Bonchev–Trinajstić information content (AvgIpc) is 2.82. The maximum absolute atomic E-state index is 10.9. The predicted octanol–water partition coefficient (Wildman–Crippen LogP) is 3.31. The molecule has 1 aromatic carbocycles. The van der Waals surface area contributed by atoms with Gasteiger partial charge in [0.2, 0.25) is 0 Å². The largest absolute Gasteiger partial charge is 0.454 e. The van der Waals surface area contributed by atoms with Crippen LogP contribution in [0.3, 0.4) is 0 Å². The van der Waals surface area contributed by atoms with Gasteiger partial charge in [-0.15, -0.1) is 0 Å². The molecule has 0 spiro atoms. The van der Waals surface area contributed by atoms with E-state index in [4.69, 9.17) is 4.42 Å². The van der Waals surface area contributed by atoms with Crippen molar-refractivity contribution in [3.63, 3.8) is 0 Å². The smallest absolute Gasteiger partial charge is 0.154 e. The van der Waals surface area contributed by atoms with Crippen LogP contribution in [0.2, 0.25) is 0 Å². The number of benzene rings is 1. The SMILES string of the molecule is O=Cc1cccnc1-c1cc2ccccc2o1. The lowest BCUT2D eigenvalue weighted by atomic mass is 10.1. The minimum absolute atomic E-state index is 0.534. The summed E-state index contributed by atoms with van der Waals surface area (Å²) >= 11 is 0. The zero-order chi connectivity index (χ0) is 11.7. The van der Waals surface area contributed by atoms with Gasteiger partial charge in [-0.1, -0.05) is 18.2 Å². The van der Waals surface area contributed by atoms with Gasteiger partial charge in [0.05, 0.1) is 0 Å². The highest BCUT2D eigenvalue weighted by Gasteiger charge is 2.10. The van der Waals surface area contributed by atoms with E-state index >= 15 is 0 Å². The number of para-hydroxylation sites is 1. The fraction of sp³-hybridized carbons (Fsp3) is 0. The van der Waals surface area contributed by atoms with E-state index in [0.717, 1.165) is 17.3 Å². The first-order valence-electron chi connectivity index (χ1n) is 5.27. The highest BCUT2D eigenvalue weighted by molar-refractivity contribution is 5.88. The number of carbonyl (C=O) groups excluding carboxylic acids is 1. The van der Waals surface area contributed by atoms with Crippen LogP contribution in [0.25, 0.3) is 22.4 Å². The van der Waals surface area contributed by atoms with Gasteiger partial charge >= 0.3 is 0 Å². The molecule has 3 heteroatoms. The number of hydrogen-bond acceptors (Lipinski definition) is 3. The number of hydrogen-bond donors (Lipinski definition) is 0. The molecular formula is C14H9NO2. The van der Waals surface area contributed by atoms with Gasteiger partial charge in [-0.25, -0.2) is 0 Å². The van der Waals surface area contributed by atoms with Crippen molar-refractivity contribution in [1.29, 1.82) is 0 Å². The molecule has 0 unspecified atom stereocenters. The van der Waals surface area contributed by atoms with E-state index in [1.807, 2.05) is 30.3 Å². The molecule has 0 saturated carbocycles. The average molecular weight is 223 g/mol. The van der Waals surface area contributed by atoms with Crippen molar-refractivity contribution < 1.29 is 9.21 Å². The Bertz CT molecular complexity index is 652. The summed E-state index contributed by atoms with van der Waals surface area (Å²) in [6.07, 6.45) is 2.44. The topological polar surface area (TPSA) is 43.1 Å². The lowest BCUT2D eigenvalue weighted by molar-refractivity contribution is 0.112. The maximum Gasteiger partial charge on any atom is 0.154 e. The Kier molecular flexibility index (Phi) is 2.22. The second kappa shape index (κ2) is 3.87. The summed E-state index contributed by atoms with van der Waals surface area (Å²) in [7, 11) is 0. The molecular weight excluding hydrogens is 214 g/mol. The van der Waals surface area contributed by atoms with Crippen molar-refractivity contribution in [3.05, 3.63) is 54.2 Å². The van der Waals surface area contributed by atoms with Crippen LogP contribution in [0.15, 0.2) is 53.1 Å². The molecule has 0 fully saturated rings. The first kappa shape index (κ1) is 9.78. The molecule has 0 saturated heterocycles. The van der Waals surface area contributed by atoms with Crippen LogP contribution in [0.4, 0.5) is 0 Å². The molecule has 3 aromatic rings. The zero-order valence-electron chi connectivity index (χ0n) is 8.96. The molecule has 0 aliphatic carbocycles. The van der Waals surface area contributed by atoms with E-state index in [2.05, 4.69) is 4.98 Å².